The summed E-state index contributed by atoms with van der Waals surface area (Å²) in [6, 6.07) is 0.231. The smallest absolute Gasteiger partial charge is 0.240 e. The number of hydroxylamine groups is 2. The first kappa shape index (κ1) is 43.2. The molecule has 2 saturated heterocycles. The van der Waals surface area contributed by atoms with Crippen molar-refractivity contribution in [2.24, 2.45) is 52.8 Å². The molecule has 2 heterocycles. The summed E-state index contributed by atoms with van der Waals surface area (Å²) in [7, 11) is 6.08. The van der Waals surface area contributed by atoms with E-state index in [2.05, 4.69) is 68.0 Å². The number of carbonyl (C=O) groups excluding carboxylic acids is 2. The van der Waals surface area contributed by atoms with Crippen molar-refractivity contribution in [2.45, 2.75) is 160 Å². The predicted molar refractivity (Wildman–Crippen MR) is 215 cm³/mol. The van der Waals surface area contributed by atoms with E-state index < -0.39 is 24.2 Å². The number of nitrogens with zero attached hydrogens (tertiary/aromatic N) is 2. The Morgan fingerprint density at radius 1 is 1.09 bits per heavy atom. The topological polar surface area (TPSA) is 148 Å². The van der Waals surface area contributed by atoms with E-state index in [4.69, 9.17) is 9.57 Å². The van der Waals surface area contributed by atoms with Crippen molar-refractivity contribution < 1.29 is 29.4 Å². The predicted octanol–water partition coefficient (Wildman–Crippen LogP) is 3.51. The number of rotatable bonds is 16. The Kier molecular flexibility index (Phi) is 14.7. The molecule has 2 aliphatic heterocycles. The molecule has 55 heavy (non-hydrogen) atoms. The van der Waals surface area contributed by atoms with E-state index in [1.54, 1.807) is 12.0 Å². The summed E-state index contributed by atoms with van der Waals surface area (Å²) in [5, 5.41) is 37.2. The van der Waals surface area contributed by atoms with Gasteiger partial charge in [-0.15, -0.1) is 0 Å². The van der Waals surface area contributed by atoms with Crippen LogP contribution in [0.5, 0.6) is 0 Å². The molecular weight excluding hydrogens is 697 g/mol. The first-order chi connectivity index (χ1) is 26.3. The van der Waals surface area contributed by atoms with Crippen LogP contribution in [0, 0.1) is 52.8 Å². The normalized spacial score (nSPS) is 42.2. The maximum Gasteiger partial charge on any atom is 0.240 e. The first-order valence-electron chi connectivity index (χ1n) is 22.3. The van der Waals surface area contributed by atoms with Gasteiger partial charge in [0.05, 0.1) is 25.0 Å². The fourth-order valence-electron chi connectivity index (χ4n) is 12.4. The minimum atomic E-state index is -0.826. The number of hydrogen-bond donors (Lipinski definition) is 6. The minimum Gasteiger partial charge on any atom is -0.394 e. The SMILES string of the molecule is CCCCC1CNC(CCNC(=O)C2CC(C3CCCC(CN4O[C@@H](CO)[C@@H]([C@H](C)O)[C@H]4C(=O)N[C@H]4C[C@H]5C[C@@H]([C@@H]4C)C5(C)C)C3OC)CC(N(C)C)C2)N1. The summed E-state index contributed by atoms with van der Waals surface area (Å²) < 4.78 is 6.41. The number of carbonyl (C=O) groups is 2. The molecule has 8 unspecified atom stereocenters. The highest BCUT2D eigenvalue weighted by Gasteiger charge is 2.58. The number of hydrogen-bond acceptors (Lipinski definition) is 10. The Labute approximate surface area is 332 Å². The number of nitrogens with one attached hydrogen (secondary N) is 4. The molecule has 5 aliphatic carbocycles. The quantitative estimate of drug-likeness (QED) is 0.138. The van der Waals surface area contributed by atoms with Crippen molar-refractivity contribution in [3.05, 3.63) is 0 Å². The third-order valence-corrected chi connectivity index (χ3v) is 15.9. The van der Waals surface area contributed by atoms with Gasteiger partial charge in [-0.1, -0.05) is 47.0 Å². The lowest BCUT2D eigenvalue weighted by Gasteiger charge is -2.62. The fraction of sp³-hybridized carbons (Fsp3) is 0.953. The number of aliphatic hydroxyl groups excluding tert-OH is 2. The Morgan fingerprint density at radius 3 is 2.53 bits per heavy atom. The molecule has 316 valence electrons. The van der Waals surface area contributed by atoms with Crippen molar-refractivity contribution in [3.8, 4) is 0 Å². The number of amides is 2. The molecular formula is C43H78N6O6. The molecule has 0 radical (unpaired) electrons. The van der Waals surface area contributed by atoms with Crippen molar-refractivity contribution in [2.75, 3.05) is 47.4 Å². The zero-order valence-electron chi connectivity index (χ0n) is 35.5. The van der Waals surface area contributed by atoms with Crippen LogP contribution in [-0.2, 0) is 19.2 Å². The molecule has 12 heteroatoms. The molecule has 7 rings (SSSR count). The van der Waals surface area contributed by atoms with Crippen LogP contribution in [0.4, 0.5) is 0 Å². The third kappa shape index (κ3) is 9.42. The van der Waals surface area contributed by atoms with Crippen molar-refractivity contribution >= 4 is 11.8 Å². The van der Waals surface area contributed by atoms with Gasteiger partial charge in [0.1, 0.15) is 12.1 Å². The highest BCUT2D eigenvalue weighted by atomic mass is 16.7. The van der Waals surface area contributed by atoms with Crippen LogP contribution < -0.4 is 21.3 Å². The molecule has 7 aliphatic rings. The highest BCUT2D eigenvalue weighted by molar-refractivity contribution is 5.83. The van der Waals surface area contributed by atoms with Crippen LogP contribution in [0.2, 0.25) is 0 Å². The third-order valence-electron chi connectivity index (χ3n) is 15.9. The summed E-state index contributed by atoms with van der Waals surface area (Å²) in [5.41, 5.74) is 0.316. The zero-order valence-corrected chi connectivity index (χ0v) is 35.5. The van der Waals surface area contributed by atoms with E-state index >= 15 is 0 Å². The molecule has 7 fully saturated rings. The van der Waals surface area contributed by atoms with Gasteiger partial charge in [-0.2, -0.15) is 5.06 Å². The first-order valence-corrected chi connectivity index (χ1v) is 22.3. The molecule has 0 aromatic heterocycles. The molecule has 2 amide bonds. The Bertz CT molecular complexity index is 1270. The van der Waals surface area contributed by atoms with Crippen molar-refractivity contribution in [1.29, 1.82) is 0 Å². The average Bonchev–Trinajstić information content (AvgIpc) is 3.78. The van der Waals surface area contributed by atoms with Gasteiger partial charge in [0.15, 0.2) is 0 Å². The van der Waals surface area contributed by atoms with Crippen LogP contribution in [-0.4, -0.2) is 128 Å². The van der Waals surface area contributed by atoms with E-state index in [1.165, 1.54) is 25.7 Å². The van der Waals surface area contributed by atoms with Crippen LogP contribution in [0.3, 0.4) is 0 Å². The summed E-state index contributed by atoms with van der Waals surface area (Å²) in [6.07, 6.45) is 11.2. The Morgan fingerprint density at radius 2 is 1.87 bits per heavy atom. The maximum absolute atomic E-state index is 14.3. The zero-order chi connectivity index (χ0) is 39.6. The second-order valence-corrected chi connectivity index (χ2v) is 19.6. The molecule has 0 aromatic carbocycles. The summed E-state index contributed by atoms with van der Waals surface area (Å²) in [4.78, 5) is 36.8. The highest BCUT2D eigenvalue weighted by Crippen LogP contribution is 2.61. The lowest BCUT2D eigenvalue weighted by atomic mass is 9.45. The van der Waals surface area contributed by atoms with Crippen molar-refractivity contribution in [3.63, 3.8) is 0 Å². The Hall–Kier alpha value is -1.38. The lowest BCUT2D eigenvalue weighted by Crippen LogP contribution is -2.62. The average molecular weight is 775 g/mol. The molecule has 0 aromatic rings. The van der Waals surface area contributed by atoms with E-state index in [9.17, 15) is 19.8 Å². The van der Waals surface area contributed by atoms with Crippen molar-refractivity contribution in [1.82, 2.24) is 31.2 Å². The standard InChI is InChI=1S/C43H78N6O6/c1-9-10-13-31-22-45-37(46-31)15-16-44-41(52)29-17-28(18-32(19-29)48(6)7)33-14-11-12-27(40(33)54-8)23-49-39(38(26(3)51)36(24-50)55-49)42(53)47-35-21-30-20-34(25(35)2)43(30,4)5/h25-40,45-46,50-51H,9-24H2,1-8H3,(H,44,52)(H,47,53)/t25-,26-,27?,28?,29?,30+,31?,32?,33?,34-,35-,36-,37?,38+,39-,40?/m0/s1. The van der Waals surface area contributed by atoms with Crippen LogP contribution in [0.1, 0.15) is 112 Å². The van der Waals surface area contributed by atoms with Gasteiger partial charge in [0, 0.05) is 62.6 Å². The molecule has 16 atom stereocenters. The molecule has 6 N–H and O–H groups in total. The second kappa shape index (κ2) is 18.7. The van der Waals surface area contributed by atoms with Crippen LogP contribution in [0.25, 0.3) is 0 Å². The number of unbranched alkanes of at least 4 members (excludes halogenated alkanes) is 1. The Balaban J connectivity index is 1.10. The van der Waals surface area contributed by atoms with Gasteiger partial charge in [0.2, 0.25) is 11.8 Å². The number of fused-ring (bicyclic) bond motifs is 2. The molecule has 2 bridgehead atoms. The maximum atomic E-state index is 14.3. The second-order valence-electron chi connectivity index (χ2n) is 19.6. The fourth-order valence-corrected chi connectivity index (χ4v) is 12.4. The van der Waals surface area contributed by atoms with Gasteiger partial charge < -0.3 is 35.8 Å². The summed E-state index contributed by atoms with van der Waals surface area (Å²) in [6.45, 7) is 12.8. The number of methoxy groups -OCH3 is 1. The monoisotopic (exact) mass is 775 g/mol. The molecule has 12 nitrogen and oxygen atoms in total. The van der Waals surface area contributed by atoms with E-state index in [0.29, 0.717) is 54.3 Å². The van der Waals surface area contributed by atoms with E-state index in [1.807, 2.05) is 7.11 Å². The molecule has 5 saturated carbocycles. The van der Waals surface area contributed by atoms with Gasteiger partial charge in [-0.05, 0) is 114 Å². The number of ether oxygens (including phenoxy) is 1. The minimum absolute atomic E-state index is 0.0447. The van der Waals surface area contributed by atoms with Gasteiger partial charge in [-0.25, -0.2) is 0 Å². The van der Waals surface area contributed by atoms with Gasteiger partial charge in [-0.3, -0.25) is 19.7 Å². The summed E-state index contributed by atoms with van der Waals surface area (Å²) in [5.74, 6) is 1.78. The molecule has 0 spiro atoms. The number of aliphatic hydroxyl groups is 2. The van der Waals surface area contributed by atoms with E-state index in [0.717, 1.165) is 57.9 Å². The van der Waals surface area contributed by atoms with E-state index in [-0.39, 0.29) is 54.5 Å². The largest absolute Gasteiger partial charge is 0.394 e. The van der Waals surface area contributed by atoms with Gasteiger partial charge >= 0.3 is 0 Å². The van der Waals surface area contributed by atoms with Gasteiger partial charge in [0.25, 0.3) is 0 Å². The van der Waals surface area contributed by atoms with Crippen LogP contribution >= 0.6 is 0 Å². The summed E-state index contributed by atoms with van der Waals surface area (Å²) >= 11 is 0. The van der Waals surface area contributed by atoms with Crippen LogP contribution in [0.15, 0.2) is 0 Å². The lowest BCUT2D eigenvalue weighted by molar-refractivity contribution is -0.193.